The van der Waals surface area contributed by atoms with Crippen molar-refractivity contribution in [3.8, 4) is 11.3 Å². The molecule has 1 aromatic carbocycles. The van der Waals surface area contributed by atoms with Crippen molar-refractivity contribution in [3.05, 3.63) is 35.5 Å². The van der Waals surface area contributed by atoms with Gasteiger partial charge in [0.15, 0.2) is 0 Å². The Balaban J connectivity index is 2.28. The molecule has 0 bridgehead atoms. The van der Waals surface area contributed by atoms with E-state index in [-0.39, 0.29) is 23.6 Å². The lowest BCUT2D eigenvalue weighted by Crippen LogP contribution is -2.27. The van der Waals surface area contributed by atoms with Crippen molar-refractivity contribution < 1.29 is 13.2 Å². The normalized spacial score (nSPS) is 14.6. The number of fused-ring (bicyclic) bond motifs is 1. The van der Waals surface area contributed by atoms with E-state index in [0.29, 0.717) is 24.3 Å². The Hall–Kier alpha value is -2.35. The van der Waals surface area contributed by atoms with Crippen LogP contribution in [0.2, 0.25) is 0 Å². The second kappa shape index (κ2) is 5.13. The Morgan fingerprint density at radius 3 is 2.68 bits per heavy atom. The van der Waals surface area contributed by atoms with Gasteiger partial charge in [-0.3, -0.25) is 9.67 Å². The first kappa shape index (κ1) is 14.6. The van der Waals surface area contributed by atoms with Crippen LogP contribution in [0.5, 0.6) is 0 Å². The highest BCUT2D eigenvalue weighted by molar-refractivity contribution is 6.03. The van der Waals surface area contributed by atoms with Gasteiger partial charge in [0.05, 0.1) is 24.5 Å². The van der Waals surface area contributed by atoms with Crippen molar-refractivity contribution in [2.75, 3.05) is 18.8 Å². The number of benzene rings is 1. The molecule has 0 amide bonds. The van der Waals surface area contributed by atoms with Gasteiger partial charge >= 0.3 is 6.18 Å². The number of rotatable bonds is 2. The summed E-state index contributed by atoms with van der Waals surface area (Å²) in [7, 11) is 0. The van der Waals surface area contributed by atoms with Gasteiger partial charge in [-0.15, -0.1) is 0 Å². The Bertz CT molecular complexity index is 745. The molecule has 1 aliphatic heterocycles. The van der Waals surface area contributed by atoms with E-state index in [1.165, 1.54) is 10.7 Å². The lowest BCUT2D eigenvalue weighted by atomic mass is 10.0. The van der Waals surface area contributed by atoms with Gasteiger partial charge in [-0.25, -0.2) is 0 Å². The third-order valence-corrected chi connectivity index (χ3v) is 3.48. The van der Waals surface area contributed by atoms with Crippen LogP contribution in [-0.2, 0) is 12.7 Å². The Labute approximate surface area is 124 Å². The van der Waals surface area contributed by atoms with E-state index in [9.17, 15) is 13.2 Å². The van der Waals surface area contributed by atoms with Gasteiger partial charge in [0, 0.05) is 17.8 Å². The van der Waals surface area contributed by atoms with Crippen LogP contribution in [-0.4, -0.2) is 28.6 Å². The molecule has 1 aliphatic rings. The van der Waals surface area contributed by atoms with E-state index in [1.54, 1.807) is 18.2 Å². The van der Waals surface area contributed by atoms with E-state index < -0.39 is 11.7 Å². The molecule has 0 saturated heterocycles. The molecule has 4 N–H and O–H groups in total. The predicted molar refractivity (Wildman–Crippen MR) is 77.5 cm³/mol. The molecule has 0 atom stereocenters. The van der Waals surface area contributed by atoms with Crippen LogP contribution >= 0.6 is 0 Å². The van der Waals surface area contributed by atoms with E-state index in [1.807, 2.05) is 0 Å². The fraction of sp³-hybridized carbons (Fsp3) is 0.286. The first-order chi connectivity index (χ1) is 10.4. The number of halogens is 3. The maximum Gasteiger partial charge on any atom is 0.420 e. The van der Waals surface area contributed by atoms with Gasteiger partial charge in [-0.05, 0) is 12.1 Å². The molecule has 2 aromatic rings. The van der Waals surface area contributed by atoms with Crippen LogP contribution in [0.4, 0.5) is 18.9 Å². The van der Waals surface area contributed by atoms with E-state index in [2.05, 4.69) is 10.1 Å². The van der Waals surface area contributed by atoms with Gasteiger partial charge in [-0.2, -0.15) is 18.3 Å². The van der Waals surface area contributed by atoms with E-state index in [4.69, 9.17) is 11.5 Å². The van der Waals surface area contributed by atoms with Crippen molar-refractivity contribution in [2.45, 2.75) is 12.7 Å². The lowest BCUT2D eigenvalue weighted by molar-refractivity contribution is -0.137. The molecule has 2 heterocycles. The van der Waals surface area contributed by atoms with Gasteiger partial charge in [0.2, 0.25) is 0 Å². The summed E-state index contributed by atoms with van der Waals surface area (Å²) in [6.07, 6.45) is -4.55. The van der Waals surface area contributed by atoms with Crippen LogP contribution in [0.3, 0.4) is 0 Å². The van der Waals surface area contributed by atoms with Gasteiger partial charge in [0.25, 0.3) is 0 Å². The number of alkyl halides is 3. The molecule has 0 radical (unpaired) electrons. The fourth-order valence-electron chi connectivity index (χ4n) is 2.59. The predicted octanol–water partition coefficient (Wildman–Crippen LogP) is 1.91. The number of aliphatic imine (C=N–C) groups is 1. The largest absolute Gasteiger partial charge is 0.420 e. The molecule has 8 heteroatoms. The van der Waals surface area contributed by atoms with E-state index >= 15 is 0 Å². The molecule has 3 rings (SSSR count). The van der Waals surface area contributed by atoms with Crippen molar-refractivity contribution in [2.24, 2.45) is 10.7 Å². The molecule has 0 saturated carbocycles. The number of anilines is 1. The average molecular weight is 309 g/mol. The van der Waals surface area contributed by atoms with Crippen molar-refractivity contribution in [1.29, 1.82) is 0 Å². The van der Waals surface area contributed by atoms with Gasteiger partial charge in [-0.1, -0.05) is 12.1 Å². The minimum Gasteiger partial charge on any atom is -0.399 e. The molecule has 5 nitrogen and oxygen atoms in total. The summed E-state index contributed by atoms with van der Waals surface area (Å²) in [6, 6.07) is 6.24. The number of hydrogen-bond acceptors (Lipinski definition) is 4. The standard InChI is InChI=1S/C14H14F3N5/c15-14(16,17)11-12(8-2-1-3-9(19)6-8)21-22-5-4-20-10(7-18)13(11)22/h1-3,6H,4-5,7,18-19H2. The third kappa shape index (κ3) is 2.35. The van der Waals surface area contributed by atoms with Crippen LogP contribution in [0, 0.1) is 0 Å². The zero-order valence-corrected chi connectivity index (χ0v) is 11.6. The summed E-state index contributed by atoms with van der Waals surface area (Å²) in [4.78, 5) is 4.09. The maximum atomic E-state index is 13.6. The number of nitrogens with zero attached hydrogens (tertiary/aromatic N) is 3. The molecule has 0 fully saturated rings. The van der Waals surface area contributed by atoms with E-state index in [0.717, 1.165) is 0 Å². The van der Waals surface area contributed by atoms with Crippen molar-refractivity contribution in [1.82, 2.24) is 9.78 Å². The zero-order chi connectivity index (χ0) is 15.9. The molecule has 0 spiro atoms. The summed E-state index contributed by atoms with van der Waals surface area (Å²) >= 11 is 0. The third-order valence-electron chi connectivity index (χ3n) is 3.48. The van der Waals surface area contributed by atoms with Gasteiger partial charge in [0.1, 0.15) is 11.3 Å². The molecule has 22 heavy (non-hydrogen) atoms. The minimum atomic E-state index is -4.55. The highest BCUT2D eigenvalue weighted by atomic mass is 19.4. The lowest BCUT2D eigenvalue weighted by Gasteiger charge is -2.16. The summed E-state index contributed by atoms with van der Waals surface area (Å²) < 4.78 is 42.1. The minimum absolute atomic E-state index is 0.0429. The highest BCUT2D eigenvalue weighted by Crippen LogP contribution is 2.40. The molecular formula is C14H14F3N5. The zero-order valence-electron chi connectivity index (χ0n) is 11.6. The summed E-state index contributed by atoms with van der Waals surface area (Å²) in [5.41, 5.74) is 11.2. The average Bonchev–Trinajstić information content (AvgIpc) is 2.86. The highest BCUT2D eigenvalue weighted by Gasteiger charge is 2.42. The van der Waals surface area contributed by atoms with Crippen LogP contribution < -0.4 is 11.5 Å². The SMILES string of the molecule is NCC1=NCCn2nc(-c3cccc(N)c3)c(C(F)(F)F)c21. The topological polar surface area (TPSA) is 82.2 Å². The second-order valence-corrected chi connectivity index (χ2v) is 4.95. The number of aromatic nitrogens is 2. The quantitative estimate of drug-likeness (QED) is 0.831. The summed E-state index contributed by atoms with van der Waals surface area (Å²) in [5.74, 6) is 0. The molecule has 1 aromatic heterocycles. The second-order valence-electron chi connectivity index (χ2n) is 4.95. The monoisotopic (exact) mass is 309 g/mol. The van der Waals surface area contributed by atoms with Crippen LogP contribution in [0.25, 0.3) is 11.3 Å². The Morgan fingerprint density at radius 1 is 1.27 bits per heavy atom. The smallest absolute Gasteiger partial charge is 0.399 e. The van der Waals surface area contributed by atoms with Gasteiger partial charge < -0.3 is 11.5 Å². The van der Waals surface area contributed by atoms with Crippen LogP contribution in [0.15, 0.2) is 29.3 Å². The first-order valence-corrected chi connectivity index (χ1v) is 6.69. The first-order valence-electron chi connectivity index (χ1n) is 6.69. The summed E-state index contributed by atoms with van der Waals surface area (Å²) in [5, 5.41) is 4.13. The van der Waals surface area contributed by atoms with Crippen LogP contribution in [0.1, 0.15) is 11.3 Å². The Kier molecular flexibility index (Phi) is 3.40. The Morgan fingerprint density at radius 2 is 2.05 bits per heavy atom. The molecule has 0 unspecified atom stereocenters. The molecular weight excluding hydrogens is 295 g/mol. The number of hydrogen-bond donors (Lipinski definition) is 2. The van der Waals surface area contributed by atoms with Crippen molar-refractivity contribution >= 4 is 11.4 Å². The molecule has 116 valence electrons. The van der Waals surface area contributed by atoms with Crippen molar-refractivity contribution in [3.63, 3.8) is 0 Å². The number of nitrogens with two attached hydrogens (primary N) is 2. The maximum absolute atomic E-state index is 13.6. The number of nitrogen functional groups attached to an aromatic ring is 1. The molecule has 0 aliphatic carbocycles. The fourth-order valence-corrected chi connectivity index (χ4v) is 2.59. The summed E-state index contributed by atoms with van der Waals surface area (Å²) in [6.45, 7) is 0.601.